The van der Waals surface area contributed by atoms with E-state index in [0.717, 1.165) is 30.6 Å². The Hall–Kier alpha value is -4.35. The quantitative estimate of drug-likeness (QED) is 0.115. The molecule has 0 aromatic heterocycles. The molecule has 0 aliphatic carbocycles. The Morgan fingerprint density at radius 3 is 1.27 bits per heavy atom. The average Bonchev–Trinajstić information content (AvgIpc) is 3.15. The van der Waals surface area contributed by atoms with Gasteiger partial charge in [-0.2, -0.15) is 0 Å². The highest BCUT2D eigenvalue weighted by molar-refractivity contribution is 7.91. The van der Waals surface area contributed by atoms with E-state index in [0.29, 0.717) is 16.4 Å². The summed E-state index contributed by atoms with van der Waals surface area (Å²) in [5.74, 6) is 2.15. The monoisotopic (exact) mass is 716 g/mol. The van der Waals surface area contributed by atoms with Gasteiger partial charge in [-0.05, 0) is 127 Å². The Morgan fingerprint density at radius 2 is 0.846 bits per heavy atom. The van der Waals surface area contributed by atoms with E-state index in [1.807, 2.05) is 24.3 Å². The van der Waals surface area contributed by atoms with Crippen LogP contribution >= 0.6 is 0 Å². The Bertz CT molecular complexity index is 2050. The minimum absolute atomic E-state index is 0.0353. The number of rotatable bonds is 14. The first-order valence-electron chi connectivity index (χ1n) is 18.6. The molecule has 5 rings (SSSR count). The maximum absolute atomic E-state index is 13.4. The fourth-order valence-corrected chi connectivity index (χ4v) is 7.82. The normalized spacial score (nSPS) is 12.8. The lowest BCUT2D eigenvalue weighted by Gasteiger charge is -2.31. The van der Waals surface area contributed by atoms with E-state index in [2.05, 4.69) is 130 Å². The summed E-state index contributed by atoms with van der Waals surface area (Å²) in [7, 11) is -3.65. The van der Waals surface area contributed by atoms with E-state index in [-0.39, 0.29) is 26.7 Å². The van der Waals surface area contributed by atoms with Gasteiger partial charge in [-0.25, -0.2) is 8.42 Å². The first kappa shape index (κ1) is 38.9. The molecular formula is C47H56O4S. The molecule has 4 nitrogen and oxygen atoms in total. The van der Waals surface area contributed by atoms with Crippen LogP contribution in [0.1, 0.15) is 116 Å². The highest BCUT2D eigenvalue weighted by Gasteiger charge is 2.29. The second-order valence-corrected chi connectivity index (χ2v) is 17.9. The molecule has 274 valence electrons. The third-order valence-corrected chi connectivity index (χ3v) is 13.3. The summed E-state index contributed by atoms with van der Waals surface area (Å²) in [5.41, 5.74) is 5.42. The summed E-state index contributed by atoms with van der Waals surface area (Å²) in [6, 6.07) is 39.6. The van der Waals surface area contributed by atoms with Crippen molar-refractivity contribution in [3.63, 3.8) is 0 Å². The van der Waals surface area contributed by atoms with Crippen LogP contribution < -0.4 is 9.47 Å². The van der Waals surface area contributed by atoms with Gasteiger partial charge in [-0.3, -0.25) is 0 Å². The molecule has 5 aromatic carbocycles. The van der Waals surface area contributed by atoms with Gasteiger partial charge < -0.3 is 9.47 Å². The Morgan fingerprint density at radius 1 is 0.462 bits per heavy atom. The Kier molecular flexibility index (Phi) is 11.2. The smallest absolute Gasteiger partial charge is 0.206 e. The number of ether oxygens (including phenoxy) is 2. The standard InChI is InChI=1S/C47H56O4S/c1-11-44(4,5)51-41-25-19-35(20-26-41)46(8,9)38-16-14-15-37(33-38)45(6,7)34-17-23-39(24-18-34)50-40-27-31-43(32-28-40)52(48,49)42-29-21-36(22-30-42)47(10,12-2)13-3/h14-33H,11-13H2,1-10H3. The lowest BCUT2D eigenvalue weighted by atomic mass is 9.73. The maximum Gasteiger partial charge on any atom is 0.206 e. The molecule has 0 saturated heterocycles. The second kappa shape index (κ2) is 14.9. The molecule has 0 aliphatic heterocycles. The molecule has 0 N–H and O–H groups in total. The first-order valence-corrected chi connectivity index (χ1v) is 20.1. The zero-order valence-electron chi connectivity index (χ0n) is 32.7. The van der Waals surface area contributed by atoms with E-state index in [1.165, 1.54) is 22.3 Å². The molecule has 0 spiro atoms. The van der Waals surface area contributed by atoms with Gasteiger partial charge in [0.05, 0.1) is 9.79 Å². The molecule has 0 unspecified atom stereocenters. The summed E-state index contributed by atoms with van der Waals surface area (Å²) in [4.78, 5) is 0.536. The number of hydrogen-bond acceptors (Lipinski definition) is 4. The molecule has 0 aliphatic rings. The maximum atomic E-state index is 13.4. The van der Waals surface area contributed by atoms with Crippen LogP contribution in [0.4, 0.5) is 0 Å². The lowest BCUT2D eigenvalue weighted by Crippen LogP contribution is -2.27. The van der Waals surface area contributed by atoms with E-state index < -0.39 is 9.84 Å². The van der Waals surface area contributed by atoms with Crippen molar-refractivity contribution in [2.45, 2.75) is 120 Å². The Labute approximate surface area is 313 Å². The van der Waals surface area contributed by atoms with Gasteiger partial charge in [-0.1, -0.05) is 116 Å². The van der Waals surface area contributed by atoms with Crippen LogP contribution in [-0.2, 0) is 26.1 Å². The fourth-order valence-electron chi connectivity index (χ4n) is 6.55. The van der Waals surface area contributed by atoms with Crippen molar-refractivity contribution in [1.82, 2.24) is 0 Å². The summed E-state index contributed by atoms with van der Waals surface area (Å²) >= 11 is 0. The van der Waals surface area contributed by atoms with Gasteiger partial charge >= 0.3 is 0 Å². The first-order chi connectivity index (χ1) is 24.4. The molecule has 0 saturated carbocycles. The van der Waals surface area contributed by atoms with Gasteiger partial charge in [0.25, 0.3) is 0 Å². The molecule has 52 heavy (non-hydrogen) atoms. The van der Waals surface area contributed by atoms with Crippen molar-refractivity contribution < 1.29 is 17.9 Å². The summed E-state index contributed by atoms with van der Waals surface area (Å²) in [6.07, 6.45) is 2.93. The molecular weight excluding hydrogens is 661 g/mol. The van der Waals surface area contributed by atoms with Crippen LogP contribution in [0.25, 0.3) is 0 Å². The summed E-state index contributed by atoms with van der Waals surface area (Å²) in [5, 5.41) is 0. The van der Waals surface area contributed by atoms with Crippen LogP contribution in [0.3, 0.4) is 0 Å². The molecule has 0 amide bonds. The second-order valence-electron chi connectivity index (χ2n) is 16.0. The van der Waals surface area contributed by atoms with Gasteiger partial charge in [-0.15, -0.1) is 0 Å². The molecule has 0 bridgehead atoms. The minimum Gasteiger partial charge on any atom is -0.488 e. The van der Waals surface area contributed by atoms with E-state index in [9.17, 15) is 8.42 Å². The molecule has 5 aromatic rings. The fraction of sp³-hybridized carbons (Fsp3) is 0.362. The summed E-state index contributed by atoms with van der Waals surface area (Å²) < 4.78 is 39.2. The van der Waals surface area contributed by atoms with Crippen LogP contribution in [-0.4, -0.2) is 14.0 Å². The van der Waals surface area contributed by atoms with Crippen LogP contribution in [0.5, 0.6) is 17.2 Å². The van der Waals surface area contributed by atoms with Gasteiger partial charge in [0, 0.05) is 10.8 Å². The van der Waals surface area contributed by atoms with E-state index >= 15 is 0 Å². The number of sulfone groups is 1. The predicted octanol–water partition coefficient (Wildman–Crippen LogP) is 12.6. The largest absolute Gasteiger partial charge is 0.488 e. The van der Waals surface area contributed by atoms with E-state index in [1.54, 1.807) is 36.4 Å². The van der Waals surface area contributed by atoms with Crippen molar-refractivity contribution in [2.75, 3.05) is 0 Å². The number of benzene rings is 5. The molecule has 0 atom stereocenters. The summed E-state index contributed by atoms with van der Waals surface area (Å²) in [6.45, 7) is 22.0. The van der Waals surface area contributed by atoms with Crippen molar-refractivity contribution in [3.8, 4) is 17.2 Å². The third kappa shape index (κ3) is 8.15. The van der Waals surface area contributed by atoms with Gasteiger partial charge in [0.15, 0.2) is 0 Å². The van der Waals surface area contributed by atoms with Gasteiger partial charge in [0.2, 0.25) is 9.84 Å². The van der Waals surface area contributed by atoms with Crippen molar-refractivity contribution in [1.29, 1.82) is 0 Å². The molecule has 0 fully saturated rings. The van der Waals surface area contributed by atoms with Crippen molar-refractivity contribution >= 4 is 9.84 Å². The van der Waals surface area contributed by atoms with Crippen LogP contribution in [0.15, 0.2) is 131 Å². The SMILES string of the molecule is CCC(C)(C)Oc1ccc(C(C)(C)c2cccc(C(C)(C)c3ccc(Oc4ccc(S(=O)(=O)c5ccc(C(C)(CC)CC)cc5)cc4)cc3)c2)cc1. The van der Waals surface area contributed by atoms with Crippen molar-refractivity contribution in [2.24, 2.45) is 0 Å². The topological polar surface area (TPSA) is 52.6 Å². The zero-order chi connectivity index (χ0) is 38.0. The minimum atomic E-state index is -3.65. The zero-order valence-corrected chi connectivity index (χ0v) is 33.5. The van der Waals surface area contributed by atoms with Crippen LogP contribution in [0, 0.1) is 0 Å². The lowest BCUT2D eigenvalue weighted by molar-refractivity contribution is 0.105. The van der Waals surface area contributed by atoms with Crippen LogP contribution in [0.2, 0.25) is 0 Å². The Balaban J connectivity index is 1.28. The molecule has 5 heteroatoms. The highest BCUT2D eigenvalue weighted by atomic mass is 32.2. The third-order valence-electron chi connectivity index (χ3n) is 11.5. The van der Waals surface area contributed by atoms with Gasteiger partial charge in [0.1, 0.15) is 22.8 Å². The van der Waals surface area contributed by atoms with Crippen molar-refractivity contribution in [3.05, 3.63) is 149 Å². The molecule has 0 heterocycles. The molecule has 0 radical (unpaired) electrons. The average molecular weight is 717 g/mol. The highest BCUT2D eigenvalue weighted by Crippen LogP contribution is 2.39. The predicted molar refractivity (Wildman–Crippen MR) is 215 cm³/mol. The van der Waals surface area contributed by atoms with E-state index in [4.69, 9.17) is 9.47 Å². The number of hydrogen-bond donors (Lipinski definition) is 0.